The first kappa shape index (κ1) is 27.0. The molecule has 43 heavy (non-hydrogen) atoms. The topological polar surface area (TPSA) is 121 Å². The SMILES string of the molecule is O=[N+]([O-])c1cccc(Sc2nnc(N3CCN(c4nc(N5CCN(c6ccccc6)CC5)c5ccccc5n4)CC3)o2)c1. The van der Waals surface area contributed by atoms with E-state index in [0.29, 0.717) is 42.3 Å². The quantitative estimate of drug-likeness (QED) is 0.191. The van der Waals surface area contributed by atoms with Crippen LogP contribution in [0.15, 0.2) is 93.4 Å². The average Bonchev–Trinajstić information content (AvgIpc) is 3.53. The van der Waals surface area contributed by atoms with Gasteiger partial charge in [-0.15, -0.1) is 0 Å². The van der Waals surface area contributed by atoms with Crippen LogP contribution in [0, 0.1) is 10.1 Å². The number of nitro groups is 1. The minimum atomic E-state index is -0.420. The second kappa shape index (κ2) is 11.8. The zero-order valence-corrected chi connectivity index (χ0v) is 24.1. The van der Waals surface area contributed by atoms with E-state index >= 15 is 0 Å². The fraction of sp³-hybridized carbons (Fsp3) is 0.267. The lowest BCUT2D eigenvalue weighted by Gasteiger charge is -2.38. The van der Waals surface area contributed by atoms with Gasteiger partial charge in [0, 0.05) is 80.5 Å². The first-order chi connectivity index (χ1) is 21.1. The van der Waals surface area contributed by atoms with Gasteiger partial charge in [-0.3, -0.25) is 10.1 Å². The molecule has 7 rings (SSSR count). The smallest absolute Gasteiger partial charge is 0.318 e. The second-order valence-corrected chi connectivity index (χ2v) is 11.4. The molecule has 2 aliphatic heterocycles. The highest BCUT2D eigenvalue weighted by molar-refractivity contribution is 7.99. The van der Waals surface area contributed by atoms with Crippen molar-refractivity contribution < 1.29 is 9.34 Å². The number of para-hydroxylation sites is 2. The molecular weight excluding hydrogens is 566 g/mol. The van der Waals surface area contributed by atoms with Crippen molar-refractivity contribution in [3.63, 3.8) is 0 Å². The summed E-state index contributed by atoms with van der Waals surface area (Å²) in [4.78, 5) is 30.5. The molecule has 0 unspecified atom stereocenters. The molecular formula is C30H29N9O3S. The van der Waals surface area contributed by atoms with Crippen LogP contribution in [0.5, 0.6) is 0 Å². The molecule has 0 radical (unpaired) electrons. The van der Waals surface area contributed by atoms with Crippen molar-refractivity contribution in [3.05, 3.63) is 89.0 Å². The number of rotatable bonds is 7. The maximum Gasteiger partial charge on any atom is 0.318 e. The van der Waals surface area contributed by atoms with E-state index in [4.69, 9.17) is 14.4 Å². The van der Waals surface area contributed by atoms with Gasteiger partial charge < -0.3 is 24.0 Å². The summed E-state index contributed by atoms with van der Waals surface area (Å²) in [5.74, 6) is 1.71. The Bertz CT molecular complexity index is 1740. The number of piperazine rings is 2. The molecule has 0 atom stereocenters. The molecule has 2 aromatic heterocycles. The summed E-state index contributed by atoms with van der Waals surface area (Å²) in [6, 6.07) is 25.6. The molecule has 0 aliphatic carbocycles. The molecule has 3 aromatic carbocycles. The Morgan fingerprint density at radius 2 is 1.42 bits per heavy atom. The van der Waals surface area contributed by atoms with Gasteiger partial charge in [0.05, 0.1) is 10.4 Å². The van der Waals surface area contributed by atoms with Gasteiger partial charge >= 0.3 is 6.01 Å². The Morgan fingerprint density at radius 1 is 0.721 bits per heavy atom. The van der Waals surface area contributed by atoms with E-state index in [9.17, 15) is 10.1 Å². The molecule has 0 amide bonds. The van der Waals surface area contributed by atoms with Crippen molar-refractivity contribution >= 4 is 51.8 Å². The van der Waals surface area contributed by atoms with Crippen molar-refractivity contribution in [2.45, 2.75) is 10.1 Å². The maximum absolute atomic E-state index is 11.1. The predicted octanol–water partition coefficient (Wildman–Crippen LogP) is 4.73. The lowest BCUT2D eigenvalue weighted by atomic mass is 10.2. The van der Waals surface area contributed by atoms with Crippen LogP contribution in [0.4, 0.5) is 29.2 Å². The highest BCUT2D eigenvalue weighted by Gasteiger charge is 2.26. The molecule has 4 heterocycles. The second-order valence-electron chi connectivity index (χ2n) is 10.4. The van der Waals surface area contributed by atoms with Crippen LogP contribution in [0.3, 0.4) is 0 Å². The summed E-state index contributed by atoms with van der Waals surface area (Å²) in [6.07, 6.45) is 0. The van der Waals surface area contributed by atoms with Gasteiger partial charge in [0.15, 0.2) is 0 Å². The minimum Gasteiger partial charge on any atom is -0.397 e. The lowest BCUT2D eigenvalue weighted by Crippen LogP contribution is -2.48. The Morgan fingerprint density at radius 3 is 2.21 bits per heavy atom. The van der Waals surface area contributed by atoms with Gasteiger partial charge in [-0.05, 0) is 42.1 Å². The molecule has 0 N–H and O–H groups in total. The highest BCUT2D eigenvalue weighted by Crippen LogP contribution is 2.32. The van der Waals surface area contributed by atoms with Crippen molar-refractivity contribution in [2.24, 2.45) is 0 Å². The first-order valence-electron chi connectivity index (χ1n) is 14.2. The number of anilines is 4. The number of benzene rings is 3. The first-order valence-corrected chi connectivity index (χ1v) is 15.0. The number of fused-ring (bicyclic) bond motifs is 1. The van der Waals surface area contributed by atoms with Crippen molar-refractivity contribution in [3.8, 4) is 0 Å². The van der Waals surface area contributed by atoms with Crippen molar-refractivity contribution in [2.75, 3.05) is 72.0 Å². The van der Waals surface area contributed by atoms with Crippen molar-refractivity contribution in [1.82, 2.24) is 20.2 Å². The third-order valence-electron chi connectivity index (χ3n) is 7.73. The van der Waals surface area contributed by atoms with Gasteiger partial charge in [-0.2, -0.15) is 4.98 Å². The van der Waals surface area contributed by atoms with Gasteiger partial charge in [0.2, 0.25) is 5.95 Å². The summed E-state index contributed by atoms with van der Waals surface area (Å²) >= 11 is 1.21. The van der Waals surface area contributed by atoms with E-state index in [2.05, 4.69) is 67.4 Å². The van der Waals surface area contributed by atoms with Gasteiger partial charge in [0.1, 0.15) is 5.82 Å². The molecule has 0 bridgehead atoms. The van der Waals surface area contributed by atoms with Crippen LogP contribution in [0.25, 0.3) is 10.9 Å². The number of hydrogen-bond acceptors (Lipinski definition) is 12. The number of non-ortho nitro benzene ring substituents is 1. The molecule has 12 nitrogen and oxygen atoms in total. The van der Waals surface area contributed by atoms with Gasteiger partial charge in [0.25, 0.3) is 10.9 Å². The lowest BCUT2D eigenvalue weighted by molar-refractivity contribution is -0.385. The third kappa shape index (κ3) is 5.75. The van der Waals surface area contributed by atoms with Crippen LogP contribution in [0.1, 0.15) is 0 Å². The molecule has 5 aromatic rings. The molecule has 2 fully saturated rings. The minimum absolute atomic E-state index is 0.0226. The Labute approximate surface area is 252 Å². The number of hydrogen-bond donors (Lipinski definition) is 0. The van der Waals surface area contributed by atoms with Crippen LogP contribution in [0.2, 0.25) is 0 Å². The van der Waals surface area contributed by atoms with Crippen LogP contribution < -0.4 is 19.6 Å². The summed E-state index contributed by atoms with van der Waals surface area (Å²) < 4.78 is 5.90. The third-order valence-corrected chi connectivity index (χ3v) is 8.56. The fourth-order valence-corrected chi connectivity index (χ4v) is 6.20. The average molecular weight is 596 g/mol. The van der Waals surface area contributed by atoms with Crippen LogP contribution in [-0.4, -0.2) is 77.4 Å². The van der Waals surface area contributed by atoms with Crippen LogP contribution >= 0.6 is 11.8 Å². The normalized spacial score (nSPS) is 15.7. The molecule has 2 saturated heterocycles. The molecule has 0 saturated carbocycles. The Balaban J connectivity index is 1.03. The Kier molecular flexibility index (Phi) is 7.37. The monoisotopic (exact) mass is 595 g/mol. The fourth-order valence-electron chi connectivity index (χ4n) is 5.48. The zero-order chi connectivity index (χ0) is 29.2. The van der Waals surface area contributed by atoms with Crippen LogP contribution in [-0.2, 0) is 0 Å². The summed E-state index contributed by atoms with van der Waals surface area (Å²) in [7, 11) is 0. The highest BCUT2D eigenvalue weighted by atomic mass is 32.2. The molecule has 218 valence electrons. The zero-order valence-electron chi connectivity index (χ0n) is 23.3. The largest absolute Gasteiger partial charge is 0.397 e. The summed E-state index contributed by atoms with van der Waals surface area (Å²) in [5.41, 5.74) is 2.22. The van der Waals surface area contributed by atoms with Crippen molar-refractivity contribution in [1.29, 1.82) is 0 Å². The summed E-state index contributed by atoms with van der Waals surface area (Å²) in [5, 5.41) is 20.9. The predicted molar refractivity (Wildman–Crippen MR) is 166 cm³/mol. The van der Waals surface area contributed by atoms with Gasteiger partial charge in [-0.1, -0.05) is 46.6 Å². The van der Waals surface area contributed by atoms with E-state index < -0.39 is 4.92 Å². The number of aromatic nitrogens is 4. The summed E-state index contributed by atoms with van der Waals surface area (Å²) in [6.45, 7) is 6.39. The van der Waals surface area contributed by atoms with E-state index in [1.54, 1.807) is 12.1 Å². The van der Waals surface area contributed by atoms with Gasteiger partial charge in [-0.25, -0.2) is 4.98 Å². The van der Waals surface area contributed by atoms with E-state index in [0.717, 1.165) is 48.8 Å². The maximum atomic E-state index is 11.1. The van der Waals surface area contributed by atoms with E-state index in [1.807, 2.05) is 17.0 Å². The molecule has 0 spiro atoms. The number of nitrogens with zero attached hydrogens (tertiary/aromatic N) is 9. The number of nitro benzene ring substituents is 1. The standard InChI is InChI=1S/C30H29N9O3S/c40-39(41)23-9-6-10-24(21-23)43-30-34-33-29(42-30)38-19-17-37(18-20-38)28-31-26-12-5-4-11-25(26)27(32-28)36-15-13-35(14-16-36)22-7-2-1-3-8-22/h1-12,21H,13-20H2. The molecule has 2 aliphatic rings. The Hall–Kier alpha value is -4.91. The van der Waals surface area contributed by atoms with E-state index in [-0.39, 0.29) is 5.69 Å². The van der Waals surface area contributed by atoms with E-state index in [1.165, 1.54) is 29.6 Å². The molecule has 13 heteroatoms.